The molecule has 94 valence electrons. The molecule has 0 radical (unpaired) electrons. The summed E-state index contributed by atoms with van der Waals surface area (Å²) in [6, 6.07) is 5.19. The molecule has 1 aromatic rings. The van der Waals surface area contributed by atoms with E-state index >= 15 is 0 Å². The minimum Gasteiger partial charge on any atom is -0.166 e. The fourth-order valence-electron chi connectivity index (χ4n) is 1.76. The normalized spacial score (nSPS) is 19.6. The van der Waals surface area contributed by atoms with E-state index in [0.717, 1.165) is 24.1 Å². The molecule has 0 saturated heterocycles. The van der Waals surface area contributed by atoms with Crippen LogP contribution in [0.25, 0.3) is 6.08 Å². The van der Waals surface area contributed by atoms with Crippen LogP contribution >= 0.6 is 0 Å². The second kappa shape index (κ2) is 5.25. The van der Waals surface area contributed by atoms with Gasteiger partial charge in [-0.2, -0.15) is 13.2 Å². The van der Waals surface area contributed by atoms with Crippen LogP contribution < -0.4 is 0 Å². The Morgan fingerprint density at radius 1 is 1.06 bits per heavy atom. The van der Waals surface area contributed by atoms with Gasteiger partial charge in [0.15, 0.2) is 0 Å². The van der Waals surface area contributed by atoms with E-state index in [1.807, 2.05) is 24.3 Å². The number of allylic oxidation sites excluding steroid dienone is 5. The number of hydrogen-bond acceptors (Lipinski definition) is 0. The van der Waals surface area contributed by atoms with Crippen molar-refractivity contribution in [2.24, 2.45) is 5.92 Å². The van der Waals surface area contributed by atoms with E-state index in [-0.39, 0.29) is 0 Å². The molecule has 1 aliphatic carbocycles. The molecule has 3 heteroatoms. The lowest BCUT2D eigenvalue weighted by atomic mass is 9.99. The van der Waals surface area contributed by atoms with Crippen LogP contribution in [0.2, 0.25) is 0 Å². The number of benzene rings is 1. The molecule has 2 rings (SSSR count). The highest BCUT2D eigenvalue weighted by Crippen LogP contribution is 2.29. The average Bonchev–Trinajstić information content (AvgIpc) is 2.37. The number of halogens is 3. The molecule has 1 atom stereocenters. The molecule has 0 fully saturated rings. The SMILES string of the molecule is FC(F)(F)c1ccc(/C=C/[C@H]2C=CC=CC2)cc1. The maximum Gasteiger partial charge on any atom is 0.416 e. The molecular weight excluding hydrogens is 237 g/mol. The molecule has 0 unspecified atom stereocenters. The fraction of sp³-hybridized carbons (Fsp3) is 0.200. The third-order valence-corrected chi connectivity index (χ3v) is 2.79. The zero-order valence-corrected chi connectivity index (χ0v) is 9.69. The van der Waals surface area contributed by atoms with Gasteiger partial charge >= 0.3 is 6.18 Å². The zero-order valence-electron chi connectivity index (χ0n) is 9.69. The van der Waals surface area contributed by atoms with Crippen LogP contribution in [0.4, 0.5) is 13.2 Å². The lowest BCUT2D eigenvalue weighted by Gasteiger charge is -2.08. The Kier molecular flexibility index (Phi) is 3.70. The molecule has 1 aromatic carbocycles. The topological polar surface area (TPSA) is 0 Å². The van der Waals surface area contributed by atoms with Gasteiger partial charge in [-0.05, 0) is 30.0 Å². The molecule has 0 N–H and O–H groups in total. The summed E-state index contributed by atoms with van der Waals surface area (Å²) in [5.41, 5.74) is 0.172. The van der Waals surface area contributed by atoms with E-state index in [4.69, 9.17) is 0 Å². The number of hydrogen-bond donors (Lipinski definition) is 0. The van der Waals surface area contributed by atoms with Gasteiger partial charge in [0, 0.05) is 0 Å². The van der Waals surface area contributed by atoms with Crippen LogP contribution in [0, 0.1) is 5.92 Å². The number of rotatable bonds is 2. The van der Waals surface area contributed by atoms with Crippen molar-refractivity contribution in [3.63, 3.8) is 0 Å². The van der Waals surface area contributed by atoms with Crippen molar-refractivity contribution >= 4 is 6.08 Å². The van der Waals surface area contributed by atoms with Gasteiger partial charge in [0.1, 0.15) is 0 Å². The van der Waals surface area contributed by atoms with Crippen LogP contribution in [-0.2, 0) is 6.18 Å². The van der Waals surface area contributed by atoms with Crippen LogP contribution in [0.1, 0.15) is 17.5 Å². The first-order valence-electron chi connectivity index (χ1n) is 5.74. The highest BCUT2D eigenvalue weighted by molar-refractivity contribution is 5.50. The second-order valence-electron chi connectivity index (χ2n) is 4.19. The molecule has 0 aromatic heterocycles. The molecule has 0 heterocycles. The zero-order chi connectivity index (χ0) is 13.0. The first-order valence-corrected chi connectivity index (χ1v) is 5.74. The predicted molar refractivity (Wildman–Crippen MR) is 66.9 cm³/mol. The summed E-state index contributed by atoms with van der Waals surface area (Å²) in [6.07, 6.45) is 8.64. The summed E-state index contributed by atoms with van der Waals surface area (Å²) in [6.45, 7) is 0. The maximum atomic E-state index is 12.4. The third-order valence-electron chi connectivity index (χ3n) is 2.79. The van der Waals surface area contributed by atoms with Crippen molar-refractivity contribution in [2.75, 3.05) is 0 Å². The van der Waals surface area contributed by atoms with Crippen molar-refractivity contribution in [1.82, 2.24) is 0 Å². The third kappa shape index (κ3) is 3.36. The van der Waals surface area contributed by atoms with Gasteiger partial charge in [-0.15, -0.1) is 0 Å². The predicted octanol–water partition coefficient (Wildman–Crippen LogP) is 4.85. The molecule has 0 spiro atoms. The minimum absolute atomic E-state index is 0.331. The quantitative estimate of drug-likeness (QED) is 0.703. The minimum atomic E-state index is -4.26. The van der Waals surface area contributed by atoms with Crippen molar-refractivity contribution < 1.29 is 13.2 Å². The van der Waals surface area contributed by atoms with Crippen molar-refractivity contribution in [3.05, 3.63) is 65.8 Å². The van der Waals surface area contributed by atoms with Crippen molar-refractivity contribution in [3.8, 4) is 0 Å². The molecule has 0 nitrogen and oxygen atoms in total. The first kappa shape index (κ1) is 12.7. The summed E-state index contributed by atoms with van der Waals surface area (Å²) in [5.74, 6) is 0.331. The fourth-order valence-corrected chi connectivity index (χ4v) is 1.76. The van der Waals surface area contributed by atoms with Crippen molar-refractivity contribution in [2.45, 2.75) is 12.6 Å². The molecule has 1 aliphatic rings. The second-order valence-corrected chi connectivity index (χ2v) is 4.19. The van der Waals surface area contributed by atoms with E-state index < -0.39 is 11.7 Å². The lowest BCUT2D eigenvalue weighted by molar-refractivity contribution is -0.137. The highest BCUT2D eigenvalue weighted by Gasteiger charge is 2.29. The first-order chi connectivity index (χ1) is 8.55. The van der Waals surface area contributed by atoms with E-state index in [1.165, 1.54) is 12.1 Å². The largest absolute Gasteiger partial charge is 0.416 e. The molecule has 18 heavy (non-hydrogen) atoms. The van der Waals surface area contributed by atoms with E-state index in [9.17, 15) is 13.2 Å². The Morgan fingerprint density at radius 2 is 1.78 bits per heavy atom. The Hall–Kier alpha value is -1.77. The Morgan fingerprint density at radius 3 is 2.33 bits per heavy atom. The van der Waals surface area contributed by atoms with Crippen LogP contribution in [0.3, 0.4) is 0 Å². The monoisotopic (exact) mass is 250 g/mol. The van der Waals surface area contributed by atoms with Gasteiger partial charge in [-0.3, -0.25) is 0 Å². The summed E-state index contributed by atoms with van der Waals surface area (Å²) >= 11 is 0. The molecule has 0 bridgehead atoms. The van der Waals surface area contributed by atoms with Gasteiger partial charge in [-0.25, -0.2) is 0 Å². The van der Waals surface area contributed by atoms with E-state index in [1.54, 1.807) is 0 Å². The van der Waals surface area contributed by atoms with Gasteiger partial charge in [0.05, 0.1) is 5.56 Å². The molecule has 0 amide bonds. The van der Waals surface area contributed by atoms with Crippen molar-refractivity contribution in [1.29, 1.82) is 0 Å². The average molecular weight is 250 g/mol. The van der Waals surface area contributed by atoms with E-state index in [0.29, 0.717) is 5.92 Å². The smallest absolute Gasteiger partial charge is 0.166 e. The summed E-state index contributed by atoms with van der Waals surface area (Å²) < 4.78 is 37.1. The van der Waals surface area contributed by atoms with Gasteiger partial charge < -0.3 is 0 Å². The van der Waals surface area contributed by atoms with Crippen LogP contribution in [0.5, 0.6) is 0 Å². The molecular formula is C15H13F3. The summed E-state index contributed by atoms with van der Waals surface area (Å²) in [5, 5.41) is 0. The highest BCUT2D eigenvalue weighted by atomic mass is 19.4. The summed E-state index contributed by atoms with van der Waals surface area (Å²) in [7, 11) is 0. The van der Waals surface area contributed by atoms with Crippen LogP contribution in [0.15, 0.2) is 54.6 Å². The summed E-state index contributed by atoms with van der Waals surface area (Å²) in [4.78, 5) is 0. The van der Waals surface area contributed by atoms with Gasteiger partial charge in [0.25, 0.3) is 0 Å². The van der Waals surface area contributed by atoms with Gasteiger partial charge in [-0.1, -0.05) is 48.6 Å². The standard InChI is InChI=1S/C15H13F3/c16-15(17,18)14-10-8-13(9-11-14)7-6-12-4-2-1-3-5-12/h1-4,6-12H,5H2/b7-6+/t12-/m0/s1. The molecule has 0 saturated carbocycles. The van der Waals surface area contributed by atoms with Gasteiger partial charge in [0.2, 0.25) is 0 Å². The molecule has 0 aliphatic heterocycles. The van der Waals surface area contributed by atoms with Crippen LogP contribution in [-0.4, -0.2) is 0 Å². The lowest BCUT2D eigenvalue weighted by Crippen LogP contribution is -2.03. The Labute approximate surface area is 104 Å². The number of alkyl halides is 3. The van der Waals surface area contributed by atoms with E-state index in [2.05, 4.69) is 12.2 Å². The maximum absolute atomic E-state index is 12.4. The Balaban J connectivity index is 2.04. The Bertz CT molecular complexity index is 475.